The van der Waals surface area contributed by atoms with Crippen molar-refractivity contribution in [3.63, 3.8) is 0 Å². The molecule has 0 bridgehead atoms. The Bertz CT molecular complexity index is 1480. The zero-order valence-electron chi connectivity index (χ0n) is 18.6. The molecule has 3 aromatic rings. The van der Waals surface area contributed by atoms with Crippen LogP contribution in [0.5, 0.6) is 5.75 Å². The van der Waals surface area contributed by atoms with Gasteiger partial charge in [0.05, 0.1) is 33.3 Å². The fraction of sp³-hybridized carbons (Fsp3) is 0.174. The molecule has 1 aliphatic rings. The summed E-state index contributed by atoms with van der Waals surface area (Å²) in [6.45, 7) is 0.476. The van der Waals surface area contributed by atoms with E-state index in [1.165, 1.54) is 60.5 Å². The summed E-state index contributed by atoms with van der Waals surface area (Å²) in [6.07, 6.45) is 1.07. The van der Waals surface area contributed by atoms with Crippen LogP contribution >= 0.6 is 11.6 Å². The normalized spacial score (nSPS) is 14.1. The van der Waals surface area contributed by atoms with E-state index in [9.17, 15) is 21.6 Å². The number of para-hydroxylation sites is 1. The van der Waals surface area contributed by atoms with Crippen molar-refractivity contribution < 1.29 is 26.4 Å². The van der Waals surface area contributed by atoms with Crippen molar-refractivity contribution in [3.05, 3.63) is 71.8 Å². The van der Waals surface area contributed by atoms with E-state index >= 15 is 0 Å². The summed E-state index contributed by atoms with van der Waals surface area (Å²) in [7, 11) is -6.53. The Morgan fingerprint density at radius 1 is 0.886 bits per heavy atom. The summed E-state index contributed by atoms with van der Waals surface area (Å²) in [5.41, 5.74) is 0.770. The number of hydrogen-bond donors (Lipinski definition) is 2. The fourth-order valence-corrected chi connectivity index (χ4v) is 6.01. The van der Waals surface area contributed by atoms with Crippen LogP contribution in [0, 0.1) is 0 Å². The van der Waals surface area contributed by atoms with Crippen molar-refractivity contribution in [1.82, 2.24) is 0 Å². The second-order valence-electron chi connectivity index (χ2n) is 7.70. The predicted octanol–water partition coefficient (Wildman–Crippen LogP) is 4.08. The van der Waals surface area contributed by atoms with Crippen LogP contribution in [0.4, 0.5) is 17.1 Å². The van der Waals surface area contributed by atoms with Gasteiger partial charge in [-0.3, -0.25) is 14.2 Å². The molecule has 1 fully saturated rings. The molecule has 0 radical (unpaired) electrons. The molecule has 3 aromatic carbocycles. The molecule has 9 nitrogen and oxygen atoms in total. The number of carbonyl (C=O) groups is 1. The molecule has 12 heteroatoms. The summed E-state index contributed by atoms with van der Waals surface area (Å²) < 4.78 is 61.5. The maximum Gasteiger partial charge on any atom is 0.261 e. The van der Waals surface area contributed by atoms with Gasteiger partial charge in [-0.2, -0.15) is 0 Å². The molecule has 1 amide bonds. The molecule has 1 saturated heterocycles. The second kappa shape index (κ2) is 9.76. The minimum Gasteiger partial charge on any atom is -0.495 e. The zero-order valence-corrected chi connectivity index (χ0v) is 21.0. The highest BCUT2D eigenvalue weighted by atomic mass is 35.5. The van der Waals surface area contributed by atoms with Gasteiger partial charge in [0.1, 0.15) is 5.75 Å². The fourth-order valence-electron chi connectivity index (χ4n) is 3.61. The van der Waals surface area contributed by atoms with Crippen molar-refractivity contribution in [2.24, 2.45) is 0 Å². The van der Waals surface area contributed by atoms with Crippen LogP contribution in [-0.2, 0) is 24.8 Å². The number of carbonyl (C=O) groups excluding carboxylic acids is 1. The molecular formula is C23H22ClN3O6S2. The zero-order chi connectivity index (χ0) is 25.2. The Hall–Kier alpha value is -3.28. The third-order valence-corrected chi connectivity index (χ3v) is 8.45. The number of rotatable bonds is 8. The first kappa shape index (κ1) is 24.8. The molecule has 0 unspecified atom stereocenters. The molecule has 4 rings (SSSR count). The Labute approximate surface area is 208 Å². The van der Waals surface area contributed by atoms with Gasteiger partial charge in [-0.25, -0.2) is 16.8 Å². The summed E-state index contributed by atoms with van der Waals surface area (Å²) >= 11 is 6.02. The number of hydrogen-bond acceptors (Lipinski definition) is 6. The average molecular weight is 536 g/mol. The SMILES string of the molecule is COc1ccc(S(=O)(=O)Nc2ccc(S(=O)(=O)Nc3ccccc3Cl)cc2)cc1N1CCCC1=O. The molecule has 2 N–H and O–H groups in total. The molecule has 0 aromatic heterocycles. The van der Waals surface area contributed by atoms with Crippen molar-refractivity contribution >= 4 is 54.6 Å². The van der Waals surface area contributed by atoms with Crippen molar-refractivity contribution in [1.29, 1.82) is 0 Å². The number of halogens is 1. The topological polar surface area (TPSA) is 122 Å². The largest absolute Gasteiger partial charge is 0.495 e. The van der Waals surface area contributed by atoms with Gasteiger partial charge in [-0.1, -0.05) is 23.7 Å². The number of anilines is 3. The molecule has 0 spiro atoms. The van der Waals surface area contributed by atoms with Gasteiger partial charge in [-0.15, -0.1) is 0 Å². The quantitative estimate of drug-likeness (QED) is 0.448. The summed E-state index contributed by atoms with van der Waals surface area (Å²) in [5.74, 6) is 0.285. The van der Waals surface area contributed by atoms with Gasteiger partial charge in [0.2, 0.25) is 5.91 Å². The van der Waals surface area contributed by atoms with Crippen LogP contribution in [0.1, 0.15) is 12.8 Å². The first-order chi connectivity index (χ1) is 16.6. The molecule has 0 aliphatic carbocycles. The molecule has 184 valence electrons. The van der Waals surface area contributed by atoms with Crippen molar-refractivity contribution in [2.45, 2.75) is 22.6 Å². The monoisotopic (exact) mass is 535 g/mol. The summed E-state index contributed by atoms with van der Waals surface area (Å²) in [6, 6.07) is 15.9. The summed E-state index contributed by atoms with van der Waals surface area (Å²) in [5, 5.41) is 0.245. The van der Waals surface area contributed by atoms with E-state index in [4.69, 9.17) is 16.3 Å². The number of nitrogens with one attached hydrogen (secondary N) is 2. The Morgan fingerprint density at radius 3 is 2.17 bits per heavy atom. The molecular weight excluding hydrogens is 514 g/mol. The number of methoxy groups -OCH3 is 1. The van der Waals surface area contributed by atoms with Crippen LogP contribution in [0.25, 0.3) is 0 Å². The molecule has 0 saturated carbocycles. The lowest BCUT2D eigenvalue weighted by atomic mass is 10.2. The molecule has 1 aliphatic heterocycles. The van der Waals surface area contributed by atoms with E-state index in [1.807, 2.05) is 0 Å². The van der Waals surface area contributed by atoms with Crippen LogP contribution < -0.4 is 19.1 Å². The third-order valence-electron chi connectivity index (χ3n) is 5.36. The first-order valence-corrected chi connectivity index (χ1v) is 13.8. The van der Waals surface area contributed by atoms with Crippen molar-refractivity contribution in [3.8, 4) is 5.75 Å². The number of amides is 1. The van der Waals surface area contributed by atoms with E-state index in [-0.39, 0.29) is 32.1 Å². The van der Waals surface area contributed by atoms with E-state index in [0.29, 0.717) is 30.8 Å². The lowest BCUT2D eigenvalue weighted by Gasteiger charge is -2.20. The van der Waals surface area contributed by atoms with E-state index in [1.54, 1.807) is 18.2 Å². The van der Waals surface area contributed by atoms with Crippen LogP contribution in [-0.4, -0.2) is 36.4 Å². The minimum atomic E-state index is -4.04. The van der Waals surface area contributed by atoms with Gasteiger partial charge in [0.25, 0.3) is 20.0 Å². The van der Waals surface area contributed by atoms with E-state index in [0.717, 1.165) is 0 Å². The standard InChI is InChI=1S/C23H22ClN3O6S2/c1-33-22-13-12-18(15-21(22)27-14-4-7-23(27)28)35(31,32)25-16-8-10-17(11-9-16)34(29,30)26-20-6-3-2-5-19(20)24/h2-3,5-6,8-13,15,25-26H,4,7,14H2,1H3. The maximum absolute atomic E-state index is 13.0. The molecule has 35 heavy (non-hydrogen) atoms. The van der Waals surface area contributed by atoms with Gasteiger partial charge in [-0.05, 0) is 61.0 Å². The smallest absolute Gasteiger partial charge is 0.261 e. The van der Waals surface area contributed by atoms with Gasteiger partial charge >= 0.3 is 0 Å². The Morgan fingerprint density at radius 2 is 1.54 bits per heavy atom. The highest BCUT2D eigenvalue weighted by molar-refractivity contribution is 7.93. The van der Waals surface area contributed by atoms with Crippen LogP contribution in [0.3, 0.4) is 0 Å². The van der Waals surface area contributed by atoms with Gasteiger partial charge < -0.3 is 9.64 Å². The summed E-state index contributed by atoms with van der Waals surface area (Å²) in [4.78, 5) is 13.6. The minimum absolute atomic E-state index is 0.0647. The molecule has 1 heterocycles. The van der Waals surface area contributed by atoms with E-state index in [2.05, 4.69) is 9.44 Å². The first-order valence-electron chi connectivity index (χ1n) is 10.5. The maximum atomic E-state index is 13.0. The van der Waals surface area contributed by atoms with Gasteiger partial charge in [0.15, 0.2) is 0 Å². The van der Waals surface area contributed by atoms with Crippen LogP contribution in [0.15, 0.2) is 76.5 Å². The lowest BCUT2D eigenvalue weighted by Crippen LogP contribution is -2.25. The number of benzene rings is 3. The number of ether oxygens (including phenoxy) is 1. The molecule has 0 atom stereocenters. The lowest BCUT2D eigenvalue weighted by molar-refractivity contribution is -0.117. The Balaban J connectivity index is 1.55. The Kier molecular flexibility index (Phi) is 6.93. The third kappa shape index (κ3) is 5.37. The second-order valence-corrected chi connectivity index (χ2v) is 11.5. The van der Waals surface area contributed by atoms with E-state index < -0.39 is 20.0 Å². The number of nitrogens with zero attached hydrogens (tertiary/aromatic N) is 1. The predicted molar refractivity (Wildman–Crippen MR) is 134 cm³/mol. The number of sulfonamides is 2. The highest BCUT2D eigenvalue weighted by Gasteiger charge is 2.27. The van der Waals surface area contributed by atoms with Crippen molar-refractivity contribution in [2.75, 3.05) is 28.0 Å². The highest BCUT2D eigenvalue weighted by Crippen LogP contribution is 2.34. The van der Waals surface area contributed by atoms with Crippen LogP contribution in [0.2, 0.25) is 5.02 Å². The average Bonchev–Trinajstić information content (AvgIpc) is 3.25. The van der Waals surface area contributed by atoms with Gasteiger partial charge in [0, 0.05) is 18.7 Å².